The molecule has 14 heavy (non-hydrogen) atoms. The normalized spacial score (nSPS) is 16.3. The summed E-state index contributed by atoms with van der Waals surface area (Å²) in [5.41, 5.74) is 1.35. The summed E-state index contributed by atoms with van der Waals surface area (Å²) in [6, 6.07) is 0. The Labute approximate surface area is 89.8 Å². The van der Waals surface area contributed by atoms with Crippen molar-refractivity contribution in [2.24, 2.45) is 5.92 Å². The van der Waals surface area contributed by atoms with Crippen LogP contribution >= 0.6 is 11.3 Å². The van der Waals surface area contributed by atoms with E-state index in [0.29, 0.717) is 5.92 Å². The summed E-state index contributed by atoms with van der Waals surface area (Å²) in [5.74, 6) is 1.46. The van der Waals surface area contributed by atoms with Crippen LogP contribution in [0.15, 0.2) is 0 Å². The highest BCUT2D eigenvalue weighted by molar-refractivity contribution is 7.15. The number of hydrogen-bond acceptors (Lipinski definition) is 3. The Morgan fingerprint density at radius 1 is 1.50 bits per heavy atom. The molecule has 1 heterocycles. The van der Waals surface area contributed by atoms with Gasteiger partial charge in [0.1, 0.15) is 0 Å². The van der Waals surface area contributed by atoms with Crippen LogP contribution in [0.1, 0.15) is 43.2 Å². The molecule has 0 unspecified atom stereocenters. The zero-order valence-electron chi connectivity index (χ0n) is 9.13. The molecule has 1 saturated carbocycles. The average molecular weight is 210 g/mol. The Hall–Kier alpha value is -0.570. The van der Waals surface area contributed by atoms with Crippen molar-refractivity contribution in [2.45, 2.75) is 39.5 Å². The molecule has 1 aromatic rings. The minimum absolute atomic E-state index is 0.684. The van der Waals surface area contributed by atoms with E-state index in [1.807, 2.05) is 0 Å². The molecular formula is C11H18N2S. The van der Waals surface area contributed by atoms with E-state index in [2.05, 4.69) is 31.1 Å². The van der Waals surface area contributed by atoms with Crippen LogP contribution in [0, 0.1) is 12.8 Å². The first-order valence-electron chi connectivity index (χ1n) is 5.38. The molecule has 1 aliphatic carbocycles. The molecule has 3 heteroatoms. The molecule has 0 radical (unpaired) electrons. The lowest BCUT2D eigenvalue weighted by molar-refractivity contribution is 0.688. The first-order valence-corrected chi connectivity index (χ1v) is 6.19. The van der Waals surface area contributed by atoms with E-state index < -0.39 is 0 Å². The predicted octanol–water partition coefficient (Wildman–Crippen LogP) is 3.40. The Bertz CT molecular complexity index is 313. The van der Waals surface area contributed by atoms with E-state index in [1.54, 1.807) is 11.3 Å². The quantitative estimate of drug-likeness (QED) is 0.824. The fourth-order valence-electron chi connectivity index (χ4n) is 1.51. The molecule has 0 amide bonds. The van der Waals surface area contributed by atoms with Crippen molar-refractivity contribution in [1.82, 2.24) is 4.98 Å². The fraction of sp³-hybridized carbons (Fsp3) is 0.727. The fourth-order valence-corrected chi connectivity index (χ4v) is 2.42. The molecule has 1 aromatic heterocycles. The summed E-state index contributed by atoms with van der Waals surface area (Å²) in [5, 5.41) is 4.50. The van der Waals surface area contributed by atoms with E-state index >= 15 is 0 Å². The van der Waals surface area contributed by atoms with Crippen LogP contribution in [0.2, 0.25) is 0 Å². The van der Waals surface area contributed by atoms with Gasteiger partial charge in [-0.3, -0.25) is 0 Å². The van der Waals surface area contributed by atoms with Gasteiger partial charge in [-0.1, -0.05) is 13.8 Å². The Balaban J connectivity index is 2.00. The van der Waals surface area contributed by atoms with Gasteiger partial charge in [0.2, 0.25) is 0 Å². The molecule has 0 aromatic carbocycles. The number of anilines is 1. The highest BCUT2D eigenvalue weighted by Gasteiger charge is 2.28. The van der Waals surface area contributed by atoms with Crippen molar-refractivity contribution in [3.63, 3.8) is 0 Å². The van der Waals surface area contributed by atoms with Gasteiger partial charge in [0.05, 0.1) is 5.69 Å². The first-order chi connectivity index (χ1) is 6.66. The van der Waals surface area contributed by atoms with Crippen molar-refractivity contribution < 1.29 is 0 Å². The van der Waals surface area contributed by atoms with Crippen molar-refractivity contribution in [1.29, 1.82) is 0 Å². The van der Waals surface area contributed by atoms with Gasteiger partial charge in [-0.05, 0) is 25.7 Å². The van der Waals surface area contributed by atoms with Gasteiger partial charge >= 0.3 is 0 Å². The third-order valence-corrected chi connectivity index (χ3v) is 3.40. The molecule has 1 aliphatic rings. The second-order valence-electron chi connectivity index (χ2n) is 4.51. The van der Waals surface area contributed by atoms with Crippen LogP contribution < -0.4 is 5.32 Å². The van der Waals surface area contributed by atoms with E-state index in [-0.39, 0.29) is 0 Å². The van der Waals surface area contributed by atoms with Gasteiger partial charge in [0, 0.05) is 17.3 Å². The maximum Gasteiger partial charge on any atom is 0.183 e. The molecule has 78 valence electrons. The van der Waals surface area contributed by atoms with E-state index in [4.69, 9.17) is 0 Å². The third kappa shape index (κ3) is 2.27. The van der Waals surface area contributed by atoms with E-state index in [0.717, 1.165) is 17.6 Å². The van der Waals surface area contributed by atoms with E-state index in [9.17, 15) is 0 Å². The number of aromatic nitrogens is 1. The standard InChI is InChI=1S/C11H18N2S/c1-7(2)6-12-11-13-10(8(3)14-11)9-4-5-9/h7,9H,4-6H2,1-3H3,(H,12,13). The number of aryl methyl sites for hydroxylation is 1. The highest BCUT2D eigenvalue weighted by Crippen LogP contribution is 2.43. The third-order valence-electron chi connectivity index (χ3n) is 2.46. The molecule has 2 nitrogen and oxygen atoms in total. The second kappa shape index (κ2) is 3.89. The topological polar surface area (TPSA) is 24.9 Å². The smallest absolute Gasteiger partial charge is 0.183 e. The predicted molar refractivity (Wildman–Crippen MR) is 62.2 cm³/mol. The van der Waals surface area contributed by atoms with Gasteiger partial charge < -0.3 is 5.32 Å². The molecule has 0 spiro atoms. The summed E-state index contributed by atoms with van der Waals surface area (Å²) in [6.07, 6.45) is 2.68. The molecule has 0 bridgehead atoms. The lowest BCUT2D eigenvalue weighted by Gasteiger charge is -2.04. The SMILES string of the molecule is Cc1sc(NCC(C)C)nc1C1CC1. The van der Waals surface area contributed by atoms with Gasteiger partial charge in [0.15, 0.2) is 5.13 Å². The molecule has 1 fully saturated rings. The summed E-state index contributed by atoms with van der Waals surface area (Å²) >= 11 is 1.80. The molecule has 0 saturated heterocycles. The molecule has 1 N–H and O–H groups in total. The molecule has 2 rings (SSSR count). The minimum atomic E-state index is 0.684. The first kappa shape index (κ1) is 9.97. The highest BCUT2D eigenvalue weighted by atomic mass is 32.1. The summed E-state index contributed by atoms with van der Waals surface area (Å²) in [7, 11) is 0. The number of nitrogens with zero attached hydrogens (tertiary/aromatic N) is 1. The molecule has 0 aliphatic heterocycles. The maximum absolute atomic E-state index is 4.65. The lowest BCUT2D eigenvalue weighted by Crippen LogP contribution is -2.07. The second-order valence-corrected chi connectivity index (χ2v) is 5.71. The average Bonchev–Trinajstić information content (AvgIpc) is 2.88. The molecule has 0 atom stereocenters. The van der Waals surface area contributed by atoms with Crippen LogP contribution in [-0.2, 0) is 0 Å². The van der Waals surface area contributed by atoms with Crippen LogP contribution in [0.25, 0.3) is 0 Å². The number of rotatable bonds is 4. The van der Waals surface area contributed by atoms with Crippen LogP contribution in [-0.4, -0.2) is 11.5 Å². The van der Waals surface area contributed by atoms with Crippen LogP contribution in [0.4, 0.5) is 5.13 Å². The number of nitrogens with one attached hydrogen (secondary N) is 1. The maximum atomic E-state index is 4.65. The monoisotopic (exact) mass is 210 g/mol. The number of thiazole rings is 1. The zero-order chi connectivity index (χ0) is 10.1. The Morgan fingerprint density at radius 3 is 2.79 bits per heavy atom. The largest absolute Gasteiger partial charge is 0.361 e. The van der Waals surface area contributed by atoms with Crippen molar-refractivity contribution >= 4 is 16.5 Å². The van der Waals surface area contributed by atoms with Crippen molar-refractivity contribution in [3.05, 3.63) is 10.6 Å². The van der Waals surface area contributed by atoms with E-state index in [1.165, 1.54) is 23.4 Å². The Morgan fingerprint density at radius 2 is 2.21 bits per heavy atom. The van der Waals surface area contributed by atoms with Crippen molar-refractivity contribution in [3.8, 4) is 0 Å². The summed E-state index contributed by atoms with van der Waals surface area (Å²) < 4.78 is 0. The molecular weight excluding hydrogens is 192 g/mol. The summed E-state index contributed by atoms with van der Waals surface area (Å²) in [4.78, 5) is 6.05. The number of hydrogen-bond donors (Lipinski definition) is 1. The Kier molecular flexibility index (Phi) is 2.77. The van der Waals surface area contributed by atoms with Gasteiger partial charge in [-0.2, -0.15) is 0 Å². The van der Waals surface area contributed by atoms with Gasteiger partial charge in [-0.15, -0.1) is 11.3 Å². The zero-order valence-corrected chi connectivity index (χ0v) is 9.95. The minimum Gasteiger partial charge on any atom is -0.361 e. The van der Waals surface area contributed by atoms with Crippen LogP contribution in [0.3, 0.4) is 0 Å². The summed E-state index contributed by atoms with van der Waals surface area (Å²) in [6.45, 7) is 7.65. The van der Waals surface area contributed by atoms with Gasteiger partial charge in [0.25, 0.3) is 0 Å². The lowest BCUT2D eigenvalue weighted by atomic mass is 10.2. The van der Waals surface area contributed by atoms with Gasteiger partial charge in [-0.25, -0.2) is 4.98 Å². The van der Waals surface area contributed by atoms with Crippen LogP contribution in [0.5, 0.6) is 0 Å². The van der Waals surface area contributed by atoms with Crippen molar-refractivity contribution in [2.75, 3.05) is 11.9 Å².